The van der Waals surface area contributed by atoms with Gasteiger partial charge in [0.25, 0.3) is 5.91 Å². The minimum atomic E-state index is -0.324. The van der Waals surface area contributed by atoms with E-state index < -0.39 is 0 Å². The van der Waals surface area contributed by atoms with Crippen molar-refractivity contribution in [3.63, 3.8) is 0 Å². The van der Waals surface area contributed by atoms with E-state index >= 15 is 0 Å². The minimum Gasteiger partial charge on any atom is -0.506 e. The summed E-state index contributed by atoms with van der Waals surface area (Å²) in [5, 5.41) is 12.0. The maximum Gasteiger partial charge on any atom is 0.250 e. The highest BCUT2D eigenvalue weighted by Gasteiger charge is 2.07. The zero-order valence-corrected chi connectivity index (χ0v) is 8.70. The van der Waals surface area contributed by atoms with E-state index in [0.29, 0.717) is 17.0 Å². The number of carbonyl (C=O) groups is 1. The molecule has 1 rings (SSSR count). The van der Waals surface area contributed by atoms with Crippen molar-refractivity contribution in [2.24, 2.45) is 0 Å². The topological polar surface area (TPSA) is 58.6 Å². The van der Waals surface area contributed by atoms with Crippen LogP contribution in [0.15, 0.2) is 30.4 Å². The maximum atomic E-state index is 11.3. The van der Waals surface area contributed by atoms with Gasteiger partial charge in [0.2, 0.25) is 0 Å². The standard InChI is InChI=1S/C11H13NO3/c1-7(2)11(14)12-9-5-4-8(15-3)6-10(9)13/h4-6,13H,1H2,2-3H3,(H,12,14). The van der Waals surface area contributed by atoms with E-state index in [0.717, 1.165) is 0 Å². The highest BCUT2D eigenvalue weighted by Crippen LogP contribution is 2.27. The van der Waals surface area contributed by atoms with Gasteiger partial charge in [-0.25, -0.2) is 0 Å². The van der Waals surface area contributed by atoms with Crippen molar-refractivity contribution in [2.45, 2.75) is 6.92 Å². The Hall–Kier alpha value is -1.97. The van der Waals surface area contributed by atoms with Crippen LogP contribution >= 0.6 is 0 Å². The molecule has 0 saturated heterocycles. The predicted molar refractivity (Wildman–Crippen MR) is 58.1 cm³/mol. The summed E-state index contributed by atoms with van der Waals surface area (Å²) in [7, 11) is 1.50. The van der Waals surface area contributed by atoms with Gasteiger partial charge in [0.05, 0.1) is 12.8 Å². The molecule has 1 amide bonds. The number of hydrogen-bond donors (Lipinski definition) is 2. The maximum absolute atomic E-state index is 11.3. The summed E-state index contributed by atoms with van der Waals surface area (Å²) >= 11 is 0. The fourth-order valence-corrected chi connectivity index (χ4v) is 0.973. The molecule has 0 aliphatic heterocycles. The third-order valence-electron chi connectivity index (χ3n) is 1.84. The van der Waals surface area contributed by atoms with Crippen LogP contribution < -0.4 is 10.1 Å². The van der Waals surface area contributed by atoms with Crippen LogP contribution in [0.25, 0.3) is 0 Å². The number of rotatable bonds is 3. The number of phenolic OH excluding ortho intramolecular Hbond substituents is 1. The second kappa shape index (κ2) is 4.50. The summed E-state index contributed by atoms with van der Waals surface area (Å²) in [5.74, 6) is 0.167. The highest BCUT2D eigenvalue weighted by molar-refractivity contribution is 6.03. The van der Waals surface area contributed by atoms with Crippen LogP contribution in [0.5, 0.6) is 11.5 Å². The first kappa shape index (κ1) is 11.1. The smallest absolute Gasteiger partial charge is 0.250 e. The molecule has 1 aromatic rings. The first-order valence-corrected chi connectivity index (χ1v) is 4.38. The van der Waals surface area contributed by atoms with Crippen molar-refractivity contribution in [3.8, 4) is 11.5 Å². The van der Waals surface area contributed by atoms with Crippen LogP contribution in [-0.2, 0) is 4.79 Å². The number of phenols is 1. The first-order chi connectivity index (χ1) is 7.04. The molecule has 0 spiro atoms. The third-order valence-corrected chi connectivity index (χ3v) is 1.84. The number of amides is 1. The molecule has 1 aromatic carbocycles. The van der Waals surface area contributed by atoms with Gasteiger partial charge in [-0.2, -0.15) is 0 Å². The molecule has 0 atom stereocenters. The number of anilines is 1. The van der Waals surface area contributed by atoms with Crippen molar-refractivity contribution < 1.29 is 14.6 Å². The molecule has 0 bridgehead atoms. The number of nitrogens with one attached hydrogen (secondary N) is 1. The fraction of sp³-hybridized carbons (Fsp3) is 0.182. The average Bonchev–Trinajstić information content (AvgIpc) is 2.20. The lowest BCUT2D eigenvalue weighted by molar-refractivity contribution is -0.112. The Bertz CT molecular complexity index is 399. The summed E-state index contributed by atoms with van der Waals surface area (Å²) in [5.41, 5.74) is 0.717. The Morgan fingerprint density at radius 2 is 2.20 bits per heavy atom. The van der Waals surface area contributed by atoms with Gasteiger partial charge in [-0.3, -0.25) is 4.79 Å². The van der Waals surface area contributed by atoms with Crippen LogP contribution in [0.3, 0.4) is 0 Å². The largest absolute Gasteiger partial charge is 0.506 e. The number of carbonyl (C=O) groups excluding carboxylic acids is 1. The predicted octanol–water partition coefficient (Wildman–Crippen LogP) is 1.92. The lowest BCUT2D eigenvalue weighted by Gasteiger charge is -2.08. The molecule has 0 aliphatic rings. The van der Waals surface area contributed by atoms with Gasteiger partial charge < -0.3 is 15.2 Å². The molecule has 0 fully saturated rings. The summed E-state index contributed by atoms with van der Waals surface area (Å²) in [4.78, 5) is 11.3. The van der Waals surface area contributed by atoms with E-state index in [1.807, 2.05) is 0 Å². The lowest BCUT2D eigenvalue weighted by atomic mass is 10.2. The Balaban J connectivity index is 2.87. The van der Waals surface area contributed by atoms with Crippen molar-refractivity contribution in [2.75, 3.05) is 12.4 Å². The van der Waals surface area contributed by atoms with Gasteiger partial charge in [0.1, 0.15) is 11.5 Å². The average molecular weight is 207 g/mol. The SMILES string of the molecule is C=C(C)C(=O)Nc1ccc(OC)cc1O. The van der Waals surface area contributed by atoms with Crippen molar-refractivity contribution >= 4 is 11.6 Å². The molecule has 2 N–H and O–H groups in total. The Kier molecular flexibility index (Phi) is 3.33. The fourth-order valence-electron chi connectivity index (χ4n) is 0.973. The van der Waals surface area contributed by atoms with Crippen molar-refractivity contribution in [1.82, 2.24) is 0 Å². The molecule has 4 nitrogen and oxygen atoms in total. The molecule has 0 aromatic heterocycles. The zero-order valence-electron chi connectivity index (χ0n) is 8.70. The van der Waals surface area contributed by atoms with E-state index in [1.54, 1.807) is 19.1 Å². The molecule has 0 radical (unpaired) electrons. The normalized spacial score (nSPS) is 9.47. The second-order valence-electron chi connectivity index (χ2n) is 3.12. The molecule has 15 heavy (non-hydrogen) atoms. The van der Waals surface area contributed by atoms with Gasteiger partial charge in [-0.1, -0.05) is 6.58 Å². The number of aromatic hydroxyl groups is 1. The zero-order chi connectivity index (χ0) is 11.4. The van der Waals surface area contributed by atoms with Gasteiger partial charge in [-0.15, -0.1) is 0 Å². The number of benzene rings is 1. The highest BCUT2D eigenvalue weighted by atomic mass is 16.5. The van der Waals surface area contributed by atoms with Crippen LogP contribution in [0, 0.1) is 0 Å². The van der Waals surface area contributed by atoms with Crippen molar-refractivity contribution in [3.05, 3.63) is 30.4 Å². The Morgan fingerprint density at radius 3 is 2.67 bits per heavy atom. The van der Waals surface area contributed by atoms with E-state index in [2.05, 4.69) is 11.9 Å². The molecule has 0 aliphatic carbocycles. The number of methoxy groups -OCH3 is 1. The summed E-state index contributed by atoms with van der Waals surface area (Å²) in [6.07, 6.45) is 0. The third kappa shape index (κ3) is 2.74. The van der Waals surface area contributed by atoms with Gasteiger partial charge in [-0.05, 0) is 19.1 Å². The van der Waals surface area contributed by atoms with Gasteiger partial charge in [0.15, 0.2) is 0 Å². The number of ether oxygens (including phenoxy) is 1. The van der Waals surface area contributed by atoms with Gasteiger partial charge in [0, 0.05) is 11.6 Å². The molecule has 0 heterocycles. The first-order valence-electron chi connectivity index (χ1n) is 4.38. The molecule has 0 saturated carbocycles. The van der Waals surface area contributed by atoms with Crippen LogP contribution in [0.1, 0.15) is 6.92 Å². The van der Waals surface area contributed by atoms with E-state index in [-0.39, 0.29) is 11.7 Å². The quantitative estimate of drug-likeness (QED) is 0.588. The molecular weight excluding hydrogens is 194 g/mol. The Morgan fingerprint density at radius 1 is 1.53 bits per heavy atom. The van der Waals surface area contributed by atoms with E-state index in [1.165, 1.54) is 13.2 Å². The van der Waals surface area contributed by atoms with Crippen LogP contribution in [0.2, 0.25) is 0 Å². The summed E-state index contributed by atoms with van der Waals surface area (Å²) in [6.45, 7) is 5.09. The summed E-state index contributed by atoms with van der Waals surface area (Å²) < 4.78 is 4.91. The van der Waals surface area contributed by atoms with E-state index in [4.69, 9.17) is 4.74 Å². The van der Waals surface area contributed by atoms with Crippen LogP contribution in [0.4, 0.5) is 5.69 Å². The molecule has 80 valence electrons. The lowest BCUT2D eigenvalue weighted by Crippen LogP contribution is -2.11. The minimum absolute atomic E-state index is 0.0380. The molecule has 4 heteroatoms. The Labute approximate surface area is 88.2 Å². The summed E-state index contributed by atoms with van der Waals surface area (Å²) in [6, 6.07) is 4.64. The second-order valence-corrected chi connectivity index (χ2v) is 3.12. The van der Waals surface area contributed by atoms with Gasteiger partial charge >= 0.3 is 0 Å². The van der Waals surface area contributed by atoms with Crippen LogP contribution in [-0.4, -0.2) is 18.1 Å². The van der Waals surface area contributed by atoms with Crippen molar-refractivity contribution in [1.29, 1.82) is 0 Å². The van der Waals surface area contributed by atoms with E-state index in [9.17, 15) is 9.90 Å². The molecular formula is C11H13NO3. The number of hydrogen-bond acceptors (Lipinski definition) is 3. The monoisotopic (exact) mass is 207 g/mol. The molecule has 0 unspecified atom stereocenters.